The van der Waals surface area contributed by atoms with E-state index in [1.807, 2.05) is 24.3 Å². The molecule has 0 bridgehead atoms. The number of anilines is 1. The first kappa shape index (κ1) is 16.6. The summed E-state index contributed by atoms with van der Waals surface area (Å²) < 4.78 is 31.8. The maximum Gasteiger partial charge on any atom is 0.212 e. The van der Waals surface area contributed by atoms with Crippen LogP contribution in [0.25, 0.3) is 0 Å². The predicted molar refractivity (Wildman–Crippen MR) is 87.0 cm³/mol. The van der Waals surface area contributed by atoms with Gasteiger partial charge in [-0.1, -0.05) is 6.07 Å². The fraction of sp³-hybridized carbons (Fsp3) is 0.571. The van der Waals surface area contributed by atoms with Gasteiger partial charge in [-0.15, -0.1) is 11.8 Å². The van der Waals surface area contributed by atoms with Crippen molar-refractivity contribution in [2.45, 2.75) is 30.3 Å². The molecule has 0 aliphatic carbocycles. The third-order valence-corrected chi connectivity index (χ3v) is 5.93. The van der Waals surface area contributed by atoms with Gasteiger partial charge in [0.05, 0.1) is 11.9 Å². The van der Waals surface area contributed by atoms with Crippen molar-refractivity contribution in [1.82, 2.24) is 4.72 Å². The van der Waals surface area contributed by atoms with Gasteiger partial charge < -0.3 is 10.5 Å². The molecule has 0 radical (unpaired) electrons. The highest BCUT2D eigenvalue weighted by Gasteiger charge is 2.16. The summed E-state index contributed by atoms with van der Waals surface area (Å²) >= 11 is 1.50. The van der Waals surface area contributed by atoms with Crippen molar-refractivity contribution in [3.05, 3.63) is 24.3 Å². The number of hydrogen-bond donors (Lipinski definition) is 2. The van der Waals surface area contributed by atoms with Crippen LogP contribution in [-0.2, 0) is 14.8 Å². The van der Waals surface area contributed by atoms with Crippen molar-refractivity contribution < 1.29 is 13.2 Å². The molecular weight excluding hydrogens is 308 g/mol. The summed E-state index contributed by atoms with van der Waals surface area (Å²) in [6.45, 7) is 1.25. The lowest BCUT2D eigenvalue weighted by atomic mass is 10.2. The summed E-state index contributed by atoms with van der Waals surface area (Å²) in [6.07, 6.45) is 3.08. The van der Waals surface area contributed by atoms with Crippen molar-refractivity contribution in [3.63, 3.8) is 0 Å². The molecule has 2 rings (SSSR count). The summed E-state index contributed by atoms with van der Waals surface area (Å²) in [5, 5.41) is 0. The molecule has 1 saturated heterocycles. The largest absolute Gasteiger partial charge is 0.399 e. The molecule has 7 heteroatoms. The summed E-state index contributed by atoms with van der Waals surface area (Å²) in [7, 11) is -3.21. The second kappa shape index (κ2) is 8.03. The van der Waals surface area contributed by atoms with E-state index in [1.54, 1.807) is 0 Å². The van der Waals surface area contributed by atoms with Crippen molar-refractivity contribution in [1.29, 1.82) is 0 Å². The van der Waals surface area contributed by atoms with E-state index in [2.05, 4.69) is 4.72 Å². The Morgan fingerprint density at radius 1 is 1.43 bits per heavy atom. The lowest BCUT2D eigenvalue weighted by molar-refractivity contribution is 0.105. The first-order chi connectivity index (χ1) is 10.1. The second-order valence-electron chi connectivity index (χ2n) is 5.06. The Bertz CT molecular complexity index is 543. The molecule has 1 unspecified atom stereocenters. The molecule has 0 saturated carbocycles. The standard InChI is InChI=1S/C14H22N2O3S2/c15-12-3-1-5-14(11-12)20-9-10-21(17,18)16-7-6-13-4-2-8-19-13/h1,3,5,11,13,16H,2,4,6-10,15H2. The number of hydrogen-bond acceptors (Lipinski definition) is 5. The SMILES string of the molecule is Nc1cccc(SCCS(=O)(=O)NCCC2CCCO2)c1. The van der Waals surface area contributed by atoms with E-state index in [4.69, 9.17) is 10.5 Å². The summed E-state index contributed by atoms with van der Waals surface area (Å²) in [5.74, 6) is 0.622. The maximum absolute atomic E-state index is 11.9. The Labute approximate surface area is 130 Å². The van der Waals surface area contributed by atoms with Crippen molar-refractivity contribution in [2.75, 3.05) is 30.4 Å². The molecule has 1 aliphatic rings. The van der Waals surface area contributed by atoms with Gasteiger partial charge in [0, 0.05) is 29.5 Å². The zero-order valence-electron chi connectivity index (χ0n) is 12.0. The molecule has 3 N–H and O–H groups in total. The molecule has 0 amide bonds. The number of benzene rings is 1. The van der Waals surface area contributed by atoms with Crippen LogP contribution in [0.3, 0.4) is 0 Å². The van der Waals surface area contributed by atoms with E-state index >= 15 is 0 Å². The van der Waals surface area contributed by atoms with Gasteiger partial charge in [0.25, 0.3) is 0 Å². The highest BCUT2D eigenvalue weighted by Crippen LogP contribution is 2.20. The highest BCUT2D eigenvalue weighted by atomic mass is 32.2. The third-order valence-electron chi connectivity index (χ3n) is 3.29. The number of sulfonamides is 1. The number of nitrogen functional groups attached to an aromatic ring is 1. The van der Waals surface area contributed by atoms with Crippen LogP contribution < -0.4 is 10.5 Å². The fourth-order valence-electron chi connectivity index (χ4n) is 2.19. The van der Waals surface area contributed by atoms with Gasteiger partial charge >= 0.3 is 0 Å². The smallest absolute Gasteiger partial charge is 0.212 e. The van der Waals surface area contributed by atoms with Crippen LogP contribution in [0.15, 0.2) is 29.2 Å². The number of thioether (sulfide) groups is 1. The molecule has 1 atom stereocenters. The van der Waals surface area contributed by atoms with Crippen LogP contribution in [0.2, 0.25) is 0 Å². The second-order valence-corrected chi connectivity index (χ2v) is 8.15. The van der Waals surface area contributed by atoms with Gasteiger partial charge in [-0.05, 0) is 37.5 Å². The average Bonchev–Trinajstić information content (AvgIpc) is 2.91. The van der Waals surface area contributed by atoms with Gasteiger partial charge in [-0.2, -0.15) is 0 Å². The summed E-state index contributed by atoms with van der Waals surface area (Å²) in [5.41, 5.74) is 6.38. The van der Waals surface area contributed by atoms with E-state index in [9.17, 15) is 8.42 Å². The topological polar surface area (TPSA) is 81.4 Å². The Balaban J connectivity index is 1.66. The molecule has 0 aromatic heterocycles. The van der Waals surface area contributed by atoms with Gasteiger partial charge in [0.1, 0.15) is 0 Å². The number of nitrogens with two attached hydrogens (primary N) is 1. The molecule has 1 heterocycles. The molecule has 21 heavy (non-hydrogen) atoms. The van der Waals surface area contributed by atoms with Crippen LogP contribution >= 0.6 is 11.8 Å². The van der Waals surface area contributed by atoms with Crippen LogP contribution in [-0.4, -0.2) is 39.2 Å². The minimum atomic E-state index is -3.21. The first-order valence-electron chi connectivity index (χ1n) is 7.12. The normalized spacial score (nSPS) is 19.0. The molecule has 1 aliphatic heterocycles. The van der Waals surface area contributed by atoms with Crippen molar-refractivity contribution >= 4 is 27.5 Å². The van der Waals surface area contributed by atoms with E-state index in [0.717, 1.165) is 30.8 Å². The van der Waals surface area contributed by atoms with Crippen LogP contribution in [0.5, 0.6) is 0 Å². The fourth-order valence-corrected chi connectivity index (χ4v) is 4.61. The van der Waals surface area contributed by atoms with E-state index in [-0.39, 0.29) is 11.9 Å². The summed E-state index contributed by atoms with van der Waals surface area (Å²) in [6, 6.07) is 7.46. The molecule has 1 aromatic carbocycles. The minimum Gasteiger partial charge on any atom is -0.399 e. The predicted octanol–water partition coefficient (Wildman–Crippen LogP) is 1.85. The van der Waals surface area contributed by atoms with Crippen LogP contribution in [0, 0.1) is 0 Å². The molecule has 118 valence electrons. The Morgan fingerprint density at radius 2 is 2.29 bits per heavy atom. The Kier molecular flexibility index (Phi) is 6.35. The maximum atomic E-state index is 11.9. The quantitative estimate of drug-likeness (QED) is 0.561. The van der Waals surface area contributed by atoms with E-state index in [1.165, 1.54) is 11.8 Å². The molecular formula is C14H22N2O3S2. The summed E-state index contributed by atoms with van der Waals surface area (Å²) in [4.78, 5) is 0.990. The van der Waals surface area contributed by atoms with E-state index in [0.29, 0.717) is 18.0 Å². The molecule has 5 nitrogen and oxygen atoms in total. The van der Waals surface area contributed by atoms with Crippen molar-refractivity contribution in [2.24, 2.45) is 0 Å². The Hall–Kier alpha value is -0.760. The van der Waals surface area contributed by atoms with Crippen LogP contribution in [0.1, 0.15) is 19.3 Å². The first-order valence-corrected chi connectivity index (χ1v) is 9.76. The van der Waals surface area contributed by atoms with Gasteiger partial charge in [0.15, 0.2) is 0 Å². The lowest BCUT2D eigenvalue weighted by Crippen LogP contribution is -2.30. The van der Waals surface area contributed by atoms with Gasteiger partial charge in [0.2, 0.25) is 10.0 Å². The molecule has 1 aromatic rings. The number of nitrogens with one attached hydrogen (secondary N) is 1. The molecule has 1 fully saturated rings. The third kappa shape index (κ3) is 6.25. The van der Waals surface area contributed by atoms with Gasteiger partial charge in [-0.25, -0.2) is 13.1 Å². The Morgan fingerprint density at radius 3 is 3.00 bits per heavy atom. The number of ether oxygens (including phenoxy) is 1. The van der Waals surface area contributed by atoms with Crippen molar-refractivity contribution in [3.8, 4) is 0 Å². The zero-order valence-corrected chi connectivity index (χ0v) is 13.6. The number of rotatable bonds is 8. The lowest BCUT2D eigenvalue weighted by Gasteiger charge is -2.10. The van der Waals surface area contributed by atoms with E-state index < -0.39 is 10.0 Å². The highest BCUT2D eigenvalue weighted by molar-refractivity contribution is 8.00. The molecule has 0 spiro atoms. The van der Waals surface area contributed by atoms with Crippen LogP contribution in [0.4, 0.5) is 5.69 Å². The van der Waals surface area contributed by atoms with Gasteiger partial charge in [-0.3, -0.25) is 0 Å². The minimum absolute atomic E-state index is 0.109. The zero-order chi connectivity index (χ0) is 15.1. The monoisotopic (exact) mass is 330 g/mol. The average molecular weight is 330 g/mol.